The van der Waals surface area contributed by atoms with E-state index in [1.807, 2.05) is 42.2 Å². The van der Waals surface area contributed by atoms with Crippen LogP contribution < -0.4 is 0 Å². The average molecular weight is 251 g/mol. The fourth-order valence-corrected chi connectivity index (χ4v) is 2.20. The lowest BCUT2D eigenvalue weighted by atomic mass is 10.1. The summed E-state index contributed by atoms with van der Waals surface area (Å²) >= 11 is 0. The van der Waals surface area contributed by atoms with Gasteiger partial charge in [0, 0.05) is 12.6 Å². The summed E-state index contributed by atoms with van der Waals surface area (Å²) in [6.45, 7) is 2.59. The average Bonchev–Trinajstić information content (AvgIpc) is 3.17. The summed E-state index contributed by atoms with van der Waals surface area (Å²) < 4.78 is 0. The van der Waals surface area contributed by atoms with Gasteiger partial charge >= 0.3 is 5.97 Å². The summed E-state index contributed by atoms with van der Waals surface area (Å²) in [6, 6.07) is 9.59. The number of aliphatic hydroxyl groups excluding tert-OH is 2. The van der Waals surface area contributed by atoms with Crippen LogP contribution in [0.4, 0.5) is 0 Å². The van der Waals surface area contributed by atoms with Gasteiger partial charge in [0.15, 0.2) is 6.10 Å². The van der Waals surface area contributed by atoms with Crippen molar-refractivity contribution in [1.82, 2.24) is 4.90 Å². The minimum Gasteiger partial charge on any atom is -0.479 e. The van der Waals surface area contributed by atoms with Gasteiger partial charge in [0.05, 0.1) is 6.04 Å². The van der Waals surface area contributed by atoms with Crippen LogP contribution in [0.1, 0.15) is 18.5 Å². The van der Waals surface area contributed by atoms with Crippen molar-refractivity contribution in [3.8, 4) is 0 Å². The van der Waals surface area contributed by atoms with Gasteiger partial charge in [-0.05, 0) is 12.5 Å². The minimum absolute atomic E-state index is 0.104. The molecule has 0 bridgehead atoms. The summed E-state index contributed by atoms with van der Waals surface area (Å²) in [4.78, 5) is 12.6. The van der Waals surface area contributed by atoms with Crippen molar-refractivity contribution in [3.05, 3.63) is 35.9 Å². The highest BCUT2D eigenvalue weighted by Crippen LogP contribution is 2.34. The van der Waals surface area contributed by atoms with Crippen molar-refractivity contribution in [2.75, 3.05) is 6.54 Å². The van der Waals surface area contributed by atoms with Crippen LogP contribution >= 0.6 is 0 Å². The Morgan fingerprint density at radius 1 is 1.33 bits per heavy atom. The second kappa shape index (κ2) is 5.06. The molecule has 5 heteroatoms. The van der Waals surface area contributed by atoms with Crippen molar-refractivity contribution in [3.63, 3.8) is 0 Å². The molecule has 1 fully saturated rings. The number of carboxylic acid groups (broad SMARTS) is 1. The lowest BCUT2D eigenvalue weighted by Crippen LogP contribution is -2.39. The SMILES string of the molecule is C[C@H](c1ccccc1)N1CC1C(O)C(O)C(=O)O. The number of carboxylic acids is 1. The highest BCUT2D eigenvalue weighted by molar-refractivity contribution is 5.72. The third-order valence-electron chi connectivity index (χ3n) is 3.44. The highest BCUT2D eigenvalue weighted by atomic mass is 16.4. The molecule has 0 radical (unpaired) electrons. The molecule has 1 heterocycles. The molecule has 3 N–H and O–H groups in total. The lowest BCUT2D eigenvalue weighted by molar-refractivity contribution is -0.153. The Hall–Kier alpha value is -1.43. The van der Waals surface area contributed by atoms with Crippen molar-refractivity contribution in [1.29, 1.82) is 0 Å². The zero-order valence-electron chi connectivity index (χ0n) is 10.1. The molecule has 1 aliphatic heterocycles. The first-order chi connectivity index (χ1) is 8.52. The van der Waals surface area contributed by atoms with Crippen LogP contribution in [0.15, 0.2) is 30.3 Å². The summed E-state index contributed by atoms with van der Waals surface area (Å²) in [5.41, 5.74) is 1.11. The van der Waals surface area contributed by atoms with Crippen molar-refractivity contribution >= 4 is 5.97 Å². The molecule has 98 valence electrons. The number of benzene rings is 1. The van der Waals surface area contributed by atoms with Crippen LogP contribution in [0.2, 0.25) is 0 Å². The zero-order chi connectivity index (χ0) is 13.3. The fraction of sp³-hybridized carbons (Fsp3) is 0.462. The molecule has 0 aromatic heterocycles. The number of rotatable bonds is 5. The van der Waals surface area contributed by atoms with E-state index in [0.29, 0.717) is 6.54 Å². The third-order valence-corrected chi connectivity index (χ3v) is 3.44. The second-order valence-corrected chi connectivity index (χ2v) is 4.62. The Bertz CT molecular complexity index is 422. The first-order valence-corrected chi connectivity index (χ1v) is 5.92. The molecule has 4 unspecified atom stereocenters. The van der Waals surface area contributed by atoms with Crippen LogP contribution in [0.5, 0.6) is 0 Å². The van der Waals surface area contributed by atoms with Gasteiger partial charge in [-0.25, -0.2) is 4.79 Å². The summed E-state index contributed by atoms with van der Waals surface area (Å²) in [7, 11) is 0. The van der Waals surface area contributed by atoms with Crippen LogP contribution in [0.3, 0.4) is 0 Å². The molecule has 1 aromatic carbocycles. The van der Waals surface area contributed by atoms with Gasteiger partial charge in [0.25, 0.3) is 0 Å². The predicted octanol–water partition coefficient (Wildman–Crippen LogP) is 0.238. The maximum Gasteiger partial charge on any atom is 0.335 e. The predicted molar refractivity (Wildman–Crippen MR) is 65.0 cm³/mol. The van der Waals surface area contributed by atoms with E-state index in [-0.39, 0.29) is 12.1 Å². The molecule has 2 rings (SSSR count). The number of nitrogens with zero attached hydrogens (tertiary/aromatic N) is 1. The Labute approximate surface area is 105 Å². The molecule has 5 nitrogen and oxygen atoms in total. The van der Waals surface area contributed by atoms with Crippen molar-refractivity contribution < 1.29 is 20.1 Å². The van der Waals surface area contributed by atoms with Crippen molar-refractivity contribution in [2.45, 2.75) is 31.2 Å². The summed E-state index contributed by atoms with van der Waals surface area (Å²) in [5, 5.41) is 27.7. The zero-order valence-corrected chi connectivity index (χ0v) is 10.1. The van der Waals surface area contributed by atoms with Gasteiger partial charge in [0.1, 0.15) is 6.10 Å². The molecule has 18 heavy (non-hydrogen) atoms. The Morgan fingerprint density at radius 2 is 1.94 bits per heavy atom. The van der Waals surface area contributed by atoms with E-state index in [2.05, 4.69) is 0 Å². The van der Waals surface area contributed by atoms with Crippen LogP contribution in [0, 0.1) is 0 Å². The number of aliphatic hydroxyl groups is 2. The number of aliphatic carboxylic acids is 1. The van der Waals surface area contributed by atoms with E-state index in [4.69, 9.17) is 5.11 Å². The molecule has 0 aliphatic carbocycles. The highest BCUT2D eigenvalue weighted by Gasteiger charge is 2.47. The van der Waals surface area contributed by atoms with E-state index >= 15 is 0 Å². The standard InChI is InChI=1S/C13H17NO4/c1-8(9-5-3-2-4-6-9)14-7-10(14)11(15)12(16)13(17)18/h2-6,8,10-12,15-16H,7H2,1H3,(H,17,18)/t8-,10?,11?,12?,14?/m1/s1. The van der Waals surface area contributed by atoms with Crippen LogP contribution in [-0.2, 0) is 4.79 Å². The monoisotopic (exact) mass is 251 g/mol. The molecule has 0 amide bonds. The number of hydrogen-bond acceptors (Lipinski definition) is 4. The quantitative estimate of drug-likeness (QED) is 0.653. The van der Waals surface area contributed by atoms with E-state index in [1.165, 1.54) is 0 Å². The van der Waals surface area contributed by atoms with Crippen LogP contribution in [0.25, 0.3) is 0 Å². The van der Waals surface area contributed by atoms with Gasteiger partial charge in [-0.1, -0.05) is 30.3 Å². The molecule has 1 aliphatic rings. The maximum atomic E-state index is 10.6. The first-order valence-electron chi connectivity index (χ1n) is 5.92. The first kappa shape index (κ1) is 13.0. The Morgan fingerprint density at radius 3 is 2.50 bits per heavy atom. The van der Waals surface area contributed by atoms with E-state index in [0.717, 1.165) is 5.56 Å². The molecule has 5 atom stereocenters. The van der Waals surface area contributed by atoms with Crippen LogP contribution in [-0.4, -0.2) is 51.0 Å². The topological polar surface area (TPSA) is 80.8 Å². The maximum absolute atomic E-state index is 10.6. The largest absolute Gasteiger partial charge is 0.479 e. The lowest BCUT2D eigenvalue weighted by Gasteiger charge is -2.18. The molecule has 0 spiro atoms. The minimum atomic E-state index is -1.72. The summed E-state index contributed by atoms with van der Waals surface area (Å²) in [5.74, 6) is -1.39. The van der Waals surface area contributed by atoms with Gasteiger partial charge < -0.3 is 15.3 Å². The normalized spacial score (nSPS) is 27.3. The van der Waals surface area contributed by atoms with Gasteiger partial charge in [-0.2, -0.15) is 0 Å². The number of hydrogen-bond donors (Lipinski definition) is 3. The van der Waals surface area contributed by atoms with E-state index < -0.39 is 18.2 Å². The molecule has 1 saturated heterocycles. The van der Waals surface area contributed by atoms with Gasteiger partial charge in [-0.3, -0.25) is 4.90 Å². The van der Waals surface area contributed by atoms with Gasteiger partial charge in [0.2, 0.25) is 0 Å². The summed E-state index contributed by atoms with van der Waals surface area (Å²) in [6.07, 6.45) is -2.96. The van der Waals surface area contributed by atoms with E-state index in [1.54, 1.807) is 0 Å². The molecular weight excluding hydrogens is 234 g/mol. The fourth-order valence-electron chi connectivity index (χ4n) is 2.20. The molecule has 0 saturated carbocycles. The number of carbonyl (C=O) groups is 1. The third kappa shape index (κ3) is 2.53. The second-order valence-electron chi connectivity index (χ2n) is 4.62. The Balaban J connectivity index is 1.97. The Kier molecular flexibility index (Phi) is 3.65. The van der Waals surface area contributed by atoms with E-state index in [9.17, 15) is 15.0 Å². The van der Waals surface area contributed by atoms with Gasteiger partial charge in [-0.15, -0.1) is 0 Å². The van der Waals surface area contributed by atoms with Crippen molar-refractivity contribution in [2.24, 2.45) is 0 Å². The molecular formula is C13H17NO4. The molecule has 1 aromatic rings. The smallest absolute Gasteiger partial charge is 0.335 e.